The first-order valence-corrected chi connectivity index (χ1v) is 7.90. The van der Waals surface area contributed by atoms with Gasteiger partial charge in [0.15, 0.2) is 0 Å². The van der Waals surface area contributed by atoms with Crippen LogP contribution in [-0.4, -0.2) is 48.6 Å². The Morgan fingerprint density at radius 2 is 2.22 bits per heavy atom. The first kappa shape index (κ1) is 17.2. The van der Waals surface area contributed by atoms with E-state index in [1.807, 2.05) is 19.9 Å². The van der Waals surface area contributed by atoms with Crippen LogP contribution in [0.5, 0.6) is 5.88 Å². The van der Waals surface area contributed by atoms with Gasteiger partial charge in [0.05, 0.1) is 5.41 Å². The minimum absolute atomic E-state index is 0.0264. The molecule has 1 aliphatic rings. The minimum atomic E-state index is -0.687. The van der Waals surface area contributed by atoms with Gasteiger partial charge in [0.2, 0.25) is 11.8 Å². The number of ether oxygens (including phenoxy) is 1. The Bertz CT molecular complexity index is 587. The van der Waals surface area contributed by atoms with E-state index in [9.17, 15) is 4.79 Å². The van der Waals surface area contributed by atoms with Gasteiger partial charge in [0, 0.05) is 12.2 Å². The molecule has 0 aliphatic carbocycles. The number of likely N-dealkylation sites (tertiary alicyclic amines) is 1. The lowest BCUT2D eigenvalue weighted by Crippen LogP contribution is -2.49. The molecule has 1 fully saturated rings. The molecule has 1 amide bonds. The average molecular weight is 316 g/mol. The molecular weight excluding hydrogens is 292 g/mol. The van der Waals surface area contributed by atoms with Crippen LogP contribution in [0, 0.1) is 16.7 Å². The first-order valence-electron chi connectivity index (χ1n) is 7.90. The van der Waals surface area contributed by atoms with E-state index in [2.05, 4.69) is 22.2 Å². The fourth-order valence-corrected chi connectivity index (χ4v) is 2.44. The molecule has 23 heavy (non-hydrogen) atoms. The molecule has 0 aromatic carbocycles. The molecule has 1 aromatic rings. The van der Waals surface area contributed by atoms with E-state index < -0.39 is 5.41 Å². The standard InChI is InChI=1S/C17H24N4O2/c1-17(2,12-23-15-13(11-18)5-4-8-19-15)16(22)20-14-6-9-21(3)10-7-14/h4-5,8,14H,6-7,9-10,12H2,1-3H3,(H,20,22). The van der Waals surface area contributed by atoms with Crippen LogP contribution in [0.1, 0.15) is 32.3 Å². The quantitative estimate of drug-likeness (QED) is 0.892. The van der Waals surface area contributed by atoms with E-state index in [-0.39, 0.29) is 24.4 Å². The summed E-state index contributed by atoms with van der Waals surface area (Å²) in [5, 5.41) is 12.2. The molecule has 6 heteroatoms. The molecule has 6 nitrogen and oxygen atoms in total. The number of nitrogens with one attached hydrogen (secondary N) is 1. The molecule has 124 valence electrons. The lowest BCUT2D eigenvalue weighted by Gasteiger charge is -2.32. The van der Waals surface area contributed by atoms with Crippen LogP contribution in [0.25, 0.3) is 0 Å². The third-order valence-electron chi connectivity index (χ3n) is 4.13. The third-order valence-corrected chi connectivity index (χ3v) is 4.13. The minimum Gasteiger partial charge on any atom is -0.476 e. The summed E-state index contributed by atoms with van der Waals surface area (Å²) in [5.74, 6) is 0.247. The monoisotopic (exact) mass is 316 g/mol. The van der Waals surface area contributed by atoms with Crippen molar-refractivity contribution in [2.45, 2.75) is 32.7 Å². The van der Waals surface area contributed by atoms with Gasteiger partial charge in [-0.3, -0.25) is 4.79 Å². The van der Waals surface area contributed by atoms with Crippen LogP contribution in [0.15, 0.2) is 18.3 Å². The lowest BCUT2D eigenvalue weighted by molar-refractivity contribution is -0.131. The van der Waals surface area contributed by atoms with Gasteiger partial charge < -0.3 is 15.0 Å². The summed E-state index contributed by atoms with van der Waals surface area (Å²) in [6.45, 7) is 5.86. The molecule has 0 bridgehead atoms. The largest absolute Gasteiger partial charge is 0.476 e. The molecule has 1 aromatic heterocycles. The zero-order valence-electron chi connectivity index (χ0n) is 14.0. The van der Waals surface area contributed by atoms with E-state index in [1.54, 1.807) is 18.3 Å². The van der Waals surface area contributed by atoms with Crippen molar-refractivity contribution in [3.05, 3.63) is 23.9 Å². The first-order chi connectivity index (χ1) is 10.9. The van der Waals surface area contributed by atoms with Crippen molar-refractivity contribution in [2.24, 2.45) is 5.41 Å². The summed E-state index contributed by atoms with van der Waals surface area (Å²) in [4.78, 5) is 18.8. The molecule has 0 atom stereocenters. The second-order valence-corrected chi connectivity index (χ2v) is 6.69. The number of nitriles is 1. The number of pyridine rings is 1. The van der Waals surface area contributed by atoms with Gasteiger partial charge in [-0.25, -0.2) is 4.98 Å². The van der Waals surface area contributed by atoms with E-state index in [0.29, 0.717) is 5.56 Å². The van der Waals surface area contributed by atoms with Crippen molar-refractivity contribution in [2.75, 3.05) is 26.7 Å². The van der Waals surface area contributed by atoms with E-state index >= 15 is 0 Å². The number of piperidine rings is 1. The Morgan fingerprint density at radius 1 is 1.52 bits per heavy atom. The molecule has 0 saturated carbocycles. The maximum Gasteiger partial charge on any atom is 0.231 e. The topological polar surface area (TPSA) is 78.2 Å². The fraction of sp³-hybridized carbons (Fsp3) is 0.588. The fourth-order valence-electron chi connectivity index (χ4n) is 2.44. The third kappa shape index (κ3) is 4.67. The molecule has 1 N–H and O–H groups in total. The predicted octanol–water partition coefficient (Wildman–Crippen LogP) is 1.57. The summed E-state index contributed by atoms with van der Waals surface area (Å²) < 4.78 is 5.62. The van der Waals surface area contributed by atoms with Gasteiger partial charge in [-0.05, 0) is 59.0 Å². The Labute approximate surface area is 137 Å². The van der Waals surface area contributed by atoms with Crippen LogP contribution in [0.3, 0.4) is 0 Å². The van der Waals surface area contributed by atoms with Crippen molar-refractivity contribution in [1.29, 1.82) is 5.26 Å². The molecule has 0 radical (unpaired) electrons. The van der Waals surface area contributed by atoms with E-state index in [1.165, 1.54) is 0 Å². The molecular formula is C17H24N4O2. The van der Waals surface area contributed by atoms with Crippen LogP contribution >= 0.6 is 0 Å². The Balaban J connectivity index is 1.90. The van der Waals surface area contributed by atoms with Crippen molar-refractivity contribution < 1.29 is 9.53 Å². The van der Waals surface area contributed by atoms with Crippen LogP contribution in [-0.2, 0) is 4.79 Å². The SMILES string of the molecule is CN1CCC(NC(=O)C(C)(C)COc2ncccc2C#N)CC1. The summed E-state index contributed by atoms with van der Waals surface area (Å²) in [6, 6.07) is 5.59. The van der Waals surface area contributed by atoms with Crippen molar-refractivity contribution in [3.63, 3.8) is 0 Å². The second-order valence-electron chi connectivity index (χ2n) is 6.69. The number of aromatic nitrogens is 1. The van der Waals surface area contributed by atoms with Crippen molar-refractivity contribution >= 4 is 5.91 Å². The van der Waals surface area contributed by atoms with Gasteiger partial charge in [-0.15, -0.1) is 0 Å². The maximum atomic E-state index is 12.5. The van der Waals surface area contributed by atoms with Gasteiger partial charge in [-0.1, -0.05) is 0 Å². The number of nitrogens with zero attached hydrogens (tertiary/aromatic N) is 3. The zero-order chi connectivity index (χ0) is 16.9. The Morgan fingerprint density at radius 3 is 2.87 bits per heavy atom. The zero-order valence-corrected chi connectivity index (χ0v) is 14.0. The molecule has 2 heterocycles. The average Bonchev–Trinajstić information content (AvgIpc) is 2.55. The predicted molar refractivity (Wildman–Crippen MR) is 86.9 cm³/mol. The van der Waals surface area contributed by atoms with Crippen LogP contribution in [0.4, 0.5) is 0 Å². The summed E-state index contributed by atoms with van der Waals surface area (Å²) >= 11 is 0. The molecule has 0 unspecified atom stereocenters. The number of carbonyl (C=O) groups is 1. The second kappa shape index (κ2) is 7.42. The Hall–Kier alpha value is -2.13. The Kier molecular flexibility index (Phi) is 5.56. The molecule has 1 aliphatic heterocycles. The number of rotatable bonds is 5. The summed E-state index contributed by atoms with van der Waals surface area (Å²) in [7, 11) is 2.09. The van der Waals surface area contributed by atoms with Crippen LogP contribution < -0.4 is 10.1 Å². The summed E-state index contributed by atoms with van der Waals surface area (Å²) in [5.41, 5.74) is -0.313. The van der Waals surface area contributed by atoms with Gasteiger partial charge in [0.1, 0.15) is 18.2 Å². The lowest BCUT2D eigenvalue weighted by atomic mass is 9.92. The highest BCUT2D eigenvalue weighted by Gasteiger charge is 2.31. The van der Waals surface area contributed by atoms with Gasteiger partial charge in [-0.2, -0.15) is 5.26 Å². The van der Waals surface area contributed by atoms with Gasteiger partial charge in [0.25, 0.3) is 0 Å². The van der Waals surface area contributed by atoms with Crippen molar-refractivity contribution in [3.8, 4) is 11.9 Å². The van der Waals surface area contributed by atoms with Gasteiger partial charge >= 0.3 is 0 Å². The number of amides is 1. The van der Waals surface area contributed by atoms with Crippen molar-refractivity contribution in [1.82, 2.24) is 15.2 Å². The highest BCUT2D eigenvalue weighted by molar-refractivity contribution is 5.82. The molecule has 0 spiro atoms. The van der Waals surface area contributed by atoms with E-state index in [0.717, 1.165) is 25.9 Å². The maximum absolute atomic E-state index is 12.5. The highest BCUT2D eigenvalue weighted by Crippen LogP contribution is 2.21. The summed E-state index contributed by atoms with van der Waals surface area (Å²) in [6.07, 6.45) is 3.51. The number of hydrogen-bond donors (Lipinski definition) is 1. The number of hydrogen-bond acceptors (Lipinski definition) is 5. The molecule has 2 rings (SSSR count). The number of carbonyl (C=O) groups excluding carboxylic acids is 1. The normalized spacial score (nSPS) is 16.6. The molecule has 1 saturated heterocycles. The van der Waals surface area contributed by atoms with E-state index in [4.69, 9.17) is 10.00 Å². The van der Waals surface area contributed by atoms with Crippen LogP contribution in [0.2, 0.25) is 0 Å². The highest BCUT2D eigenvalue weighted by atomic mass is 16.5. The smallest absolute Gasteiger partial charge is 0.231 e.